The molecule has 0 fully saturated rings. The molecule has 0 heterocycles. The smallest absolute Gasteiger partial charge is 0.239 e. The van der Waals surface area contributed by atoms with Gasteiger partial charge in [-0.15, -0.1) is 0 Å². The van der Waals surface area contributed by atoms with E-state index >= 15 is 0 Å². The van der Waals surface area contributed by atoms with Crippen molar-refractivity contribution in [3.63, 3.8) is 0 Å². The van der Waals surface area contributed by atoms with E-state index in [9.17, 15) is 9.18 Å². The number of para-hydroxylation sites is 1. The molecular formula is C12H16BrFN2O. The molecule has 2 N–H and O–H groups in total. The number of carbonyl (C=O) groups excluding carboxylic acids is 1. The van der Waals surface area contributed by atoms with E-state index in [4.69, 9.17) is 0 Å². The molecule has 3 nitrogen and oxygen atoms in total. The second kappa shape index (κ2) is 7.27. The van der Waals surface area contributed by atoms with Crippen LogP contribution in [0.25, 0.3) is 0 Å². The fraction of sp³-hybridized carbons (Fsp3) is 0.417. The van der Waals surface area contributed by atoms with E-state index in [0.29, 0.717) is 16.7 Å². The summed E-state index contributed by atoms with van der Waals surface area (Å²) in [4.78, 5) is 11.4. The SMILES string of the molecule is CCCCNC(=O)CNc1c(F)cccc1Br. The van der Waals surface area contributed by atoms with Crippen molar-refractivity contribution in [1.82, 2.24) is 5.32 Å². The summed E-state index contributed by atoms with van der Waals surface area (Å²) >= 11 is 3.23. The van der Waals surface area contributed by atoms with Crippen molar-refractivity contribution < 1.29 is 9.18 Å². The summed E-state index contributed by atoms with van der Waals surface area (Å²) in [5, 5.41) is 5.53. The van der Waals surface area contributed by atoms with Gasteiger partial charge in [0.05, 0.1) is 12.2 Å². The summed E-state index contributed by atoms with van der Waals surface area (Å²) < 4.78 is 14.0. The summed E-state index contributed by atoms with van der Waals surface area (Å²) in [6.45, 7) is 2.79. The quantitative estimate of drug-likeness (QED) is 0.793. The third kappa shape index (κ3) is 4.73. The summed E-state index contributed by atoms with van der Waals surface area (Å²) in [6.07, 6.45) is 1.99. The molecule has 0 spiro atoms. The number of nitrogens with one attached hydrogen (secondary N) is 2. The van der Waals surface area contributed by atoms with Gasteiger partial charge in [0, 0.05) is 11.0 Å². The van der Waals surface area contributed by atoms with Crippen molar-refractivity contribution in [3.05, 3.63) is 28.5 Å². The van der Waals surface area contributed by atoms with Crippen molar-refractivity contribution in [2.75, 3.05) is 18.4 Å². The molecule has 1 amide bonds. The van der Waals surface area contributed by atoms with Gasteiger partial charge in [0.2, 0.25) is 5.91 Å². The Morgan fingerprint density at radius 2 is 2.24 bits per heavy atom. The van der Waals surface area contributed by atoms with Crippen LogP contribution >= 0.6 is 15.9 Å². The van der Waals surface area contributed by atoms with Crippen LogP contribution in [0, 0.1) is 5.82 Å². The van der Waals surface area contributed by atoms with Crippen molar-refractivity contribution in [2.24, 2.45) is 0 Å². The number of carbonyl (C=O) groups is 1. The van der Waals surface area contributed by atoms with Crippen LogP contribution in [-0.4, -0.2) is 19.0 Å². The fourth-order valence-electron chi connectivity index (χ4n) is 1.30. The Bertz CT molecular complexity index is 365. The zero-order valence-electron chi connectivity index (χ0n) is 9.72. The standard InChI is InChI=1S/C12H16BrFN2O/c1-2-3-7-15-11(17)8-16-12-9(13)5-4-6-10(12)14/h4-6,16H,2-3,7-8H2,1H3,(H,15,17). The van der Waals surface area contributed by atoms with E-state index in [1.807, 2.05) is 0 Å². The molecular weight excluding hydrogens is 287 g/mol. The van der Waals surface area contributed by atoms with E-state index in [2.05, 4.69) is 33.5 Å². The Morgan fingerprint density at radius 1 is 1.47 bits per heavy atom. The molecule has 0 aliphatic carbocycles. The summed E-state index contributed by atoms with van der Waals surface area (Å²) in [5.41, 5.74) is 0.318. The first kappa shape index (κ1) is 14.0. The van der Waals surface area contributed by atoms with Gasteiger partial charge in [-0.2, -0.15) is 0 Å². The molecule has 0 unspecified atom stereocenters. The molecule has 5 heteroatoms. The minimum Gasteiger partial charge on any atom is -0.373 e. The normalized spacial score (nSPS) is 10.1. The predicted octanol–water partition coefficient (Wildman–Crippen LogP) is 2.92. The molecule has 0 aliphatic heterocycles. The highest BCUT2D eigenvalue weighted by Crippen LogP contribution is 2.24. The van der Waals surface area contributed by atoms with Gasteiger partial charge < -0.3 is 10.6 Å². The molecule has 94 valence electrons. The number of anilines is 1. The first-order chi connectivity index (χ1) is 8.15. The zero-order chi connectivity index (χ0) is 12.7. The van der Waals surface area contributed by atoms with E-state index in [1.54, 1.807) is 12.1 Å². The van der Waals surface area contributed by atoms with Crippen LogP contribution in [0.2, 0.25) is 0 Å². The molecule has 0 bridgehead atoms. The Hall–Kier alpha value is -1.10. The van der Waals surface area contributed by atoms with Crippen molar-refractivity contribution in [2.45, 2.75) is 19.8 Å². The number of benzene rings is 1. The van der Waals surface area contributed by atoms with E-state index in [0.717, 1.165) is 12.8 Å². The molecule has 0 aromatic heterocycles. The number of rotatable bonds is 6. The van der Waals surface area contributed by atoms with Crippen LogP contribution in [-0.2, 0) is 4.79 Å². The molecule has 0 saturated heterocycles. The van der Waals surface area contributed by atoms with E-state index in [-0.39, 0.29) is 18.3 Å². The maximum Gasteiger partial charge on any atom is 0.239 e. The zero-order valence-corrected chi connectivity index (χ0v) is 11.3. The highest BCUT2D eigenvalue weighted by molar-refractivity contribution is 9.10. The second-order valence-electron chi connectivity index (χ2n) is 3.65. The largest absolute Gasteiger partial charge is 0.373 e. The number of hydrogen-bond acceptors (Lipinski definition) is 2. The molecule has 0 aliphatic rings. The van der Waals surface area contributed by atoms with Crippen molar-refractivity contribution in [3.8, 4) is 0 Å². The predicted molar refractivity (Wildman–Crippen MR) is 70.5 cm³/mol. The topological polar surface area (TPSA) is 41.1 Å². The number of unbranched alkanes of at least 4 members (excludes halogenated alkanes) is 1. The third-order valence-electron chi connectivity index (χ3n) is 2.24. The van der Waals surface area contributed by atoms with Gasteiger partial charge in [-0.3, -0.25) is 4.79 Å². The Balaban J connectivity index is 2.42. The fourth-order valence-corrected chi connectivity index (χ4v) is 1.78. The average Bonchev–Trinajstić information content (AvgIpc) is 2.29. The van der Waals surface area contributed by atoms with E-state index < -0.39 is 0 Å². The Morgan fingerprint density at radius 3 is 2.88 bits per heavy atom. The maximum atomic E-state index is 13.4. The van der Waals surface area contributed by atoms with Crippen LogP contribution in [0.15, 0.2) is 22.7 Å². The number of hydrogen-bond donors (Lipinski definition) is 2. The Kier molecular flexibility index (Phi) is 5.97. The van der Waals surface area contributed by atoms with Gasteiger partial charge in [-0.1, -0.05) is 19.4 Å². The molecule has 0 saturated carbocycles. The molecule has 0 atom stereocenters. The van der Waals surface area contributed by atoms with Crippen molar-refractivity contribution in [1.29, 1.82) is 0 Å². The maximum absolute atomic E-state index is 13.4. The number of amides is 1. The molecule has 1 rings (SSSR count). The number of halogens is 2. The van der Waals surface area contributed by atoms with Crippen LogP contribution in [0.1, 0.15) is 19.8 Å². The molecule has 1 aromatic rings. The lowest BCUT2D eigenvalue weighted by Gasteiger charge is -2.09. The highest BCUT2D eigenvalue weighted by Gasteiger charge is 2.07. The first-order valence-electron chi connectivity index (χ1n) is 5.59. The monoisotopic (exact) mass is 302 g/mol. The summed E-state index contributed by atoms with van der Waals surface area (Å²) in [7, 11) is 0. The van der Waals surface area contributed by atoms with Crippen LogP contribution in [0.5, 0.6) is 0 Å². The minimum atomic E-state index is -0.374. The van der Waals surface area contributed by atoms with Gasteiger partial charge in [-0.25, -0.2) is 4.39 Å². The van der Waals surface area contributed by atoms with E-state index in [1.165, 1.54) is 6.07 Å². The Labute approximate surface area is 109 Å². The lowest BCUT2D eigenvalue weighted by Crippen LogP contribution is -2.30. The van der Waals surface area contributed by atoms with Gasteiger partial charge in [-0.05, 0) is 34.5 Å². The van der Waals surface area contributed by atoms with Crippen LogP contribution < -0.4 is 10.6 Å². The minimum absolute atomic E-state index is 0.0727. The highest BCUT2D eigenvalue weighted by atomic mass is 79.9. The van der Waals surface area contributed by atoms with Gasteiger partial charge >= 0.3 is 0 Å². The summed E-state index contributed by atoms with van der Waals surface area (Å²) in [6, 6.07) is 4.67. The second-order valence-corrected chi connectivity index (χ2v) is 4.51. The van der Waals surface area contributed by atoms with Gasteiger partial charge in [0.15, 0.2) is 0 Å². The van der Waals surface area contributed by atoms with Crippen molar-refractivity contribution >= 4 is 27.5 Å². The average molecular weight is 303 g/mol. The first-order valence-corrected chi connectivity index (χ1v) is 6.39. The summed E-state index contributed by atoms with van der Waals surface area (Å²) in [5.74, 6) is -0.505. The third-order valence-corrected chi connectivity index (χ3v) is 2.90. The lowest BCUT2D eigenvalue weighted by molar-refractivity contribution is -0.119. The van der Waals surface area contributed by atoms with Gasteiger partial charge in [0.25, 0.3) is 0 Å². The van der Waals surface area contributed by atoms with Gasteiger partial charge in [0.1, 0.15) is 5.82 Å². The molecule has 17 heavy (non-hydrogen) atoms. The van der Waals surface area contributed by atoms with Crippen LogP contribution in [0.4, 0.5) is 10.1 Å². The lowest BCUT2D eigenvalue weighted by atomic mass is 10.3. The molecule has 1 aromatic carbocycles. The van der Waals surface area contributed by atoms with Crippen LogP contribution in [0.3, 0.4) is 0 Å². The molecule has 0 radical (unpaired) electrons.